The molecule has 2 heterocycles. The molecule has 8 nitrogen and oxygen atoms in total. The highest BCUT2D eigenvalue weighted by atomic mass is 16.5. The average molecular weight is 469 g/mol. The van der Waals surface area contributed by atoms with Crippen LogP contribution in [0, 0.1) is 5.92 Å². The van der Waals surface area contributed by atoms with Crippen LogP contribution in [0.3, 0.4) is 0 Å². The number of benzene rings is 1. The van der Waals surface area contributed by atoms with Crippen LogP contribution >= 0.6 is 0 Å². The summed E-state index contributed by atoms with van der Waals surface area (Å²) in [6.45, 7) is 9.31. The van der Waals surface area contributed by atoms with Crippen molar-refractivity contribution in [3.63, 3.8) is 0 Å². The van der Waals surface area contributed by atoms with E-state index in [1.165, 1.54) is 12.7 Å². The van der Waals surface area contributed by atoms with Crippen LogP contribution in [-0.2, 0) is 9.53 Å². The Hall–Kier alpha value is -3.03. The number of nitrogens with one attached hydrogen (secondary N) is 1. The minimum Gasteiger partial charge on any atom is -0.490 e. The number of rotatable bonds is 9. The lowest BCUT2D eigenvalue weighted by Crippen LogP contribution is -2.32. The minimum absolute atomic E-state index is 0.0323. The normalized spacial score (nSPS) is 18.4. The molecule has 1 aromatic carbocycles. The van der Waals surface area contributed by atoms with Crippen molar-refractivity contribution in [2.24, 2.45) is 5.92 Å². The molecule has 1 saturated carbocycles. The first-order chi connectivity index (χ1) is 16.5. The molecule has 1 aliphatic carbocycles. The number of carbonyl (C=O) groups is 1. The van der Waals surface area contributed by atoms with Crippen LogP contribution in [0.2, 0.25) is 0 Å². The van der Waals surface area contributed by atoms with E-state index >= 15 is 0 Å². The number of hydrogen-bond acceptors (Lipinski definition) is 7. The van der Waals surface area contributed by atoms with Crippen molar-refractivity contribution in [1.29, 1.82) is 0 Å². The number of ether oxygens (including phenoxy) is 3. The molecule has 0 spiro atoms. The van der Waals surface area contributed by atoms with E-state index in [2.05, 4.69) is 29.2 Å². The molecule has 0 saturated heterocycles. The van der Waals surface area contributed by atoms with Crippen LogP contribution in [0.5, 0.6) is 11.5 Å². The molecule has 0 amide bonds. The first kappa shape index (κ1) is 24.1. The van der Waals surface area contributed by atoms with Crippen LogP contribution in [0.25, 0.3) is 0 Å². The maximum Gasteiger partial charge on any atom is 0.338 e. The number of nitrogens with zero attached hydrogens (tertiary/aromatic N) is 3. The summed E-state index contributed by atoms with van der Waals surface area (Å²) in [6, 6.07) is 5.35. The van der Waals surface area contributed by atoms with Crippen molar-refractivity contribution in [2.75, 3.05) is 18.5 Å². The zero-order chi connectivity index (χ0) is 24.1. The molecule has 0 bridgehead atoms. The molecule has 1 fully saturated rings. The number of fused-ring (bicyclic) bond motifs is 1. The number of allylic oxidation sites excluding steroid dienone is 1. The van der Waals surface area contributed by atoms with E-state index in [0.29, 0.717) is 42.2 Å². The lowest BCUT2D eigenvalue weighted by atomic mass is 9.94. The summed E-state index contributed by atoms with van der Waals surface area (Å²) in [4.78, 5) is 17.8. The molecule has 1 N–H and O–H groups in total. The van der Waals surface area contributed by atoms with Crippen LogP contribution in [0.1, 0.15) is 77.8 Å². The molecule has 2 aromatic rings. The third-order valence-corrected chi connectivity index (χ3v) is 6.38. The molecule has 1 atom stereocenters. The Balaban J connectivity index is 1.66. The predicted octanol–water partition coefficient (Wildman–Crippen LogP) is 5.27. The Morgan fingerprint density at radius 1 is 1.18 bits per heavy atom. The highest BCUT2D eigenvalue weighted by Gasteiger charge is 2.36. The summed E-state index contributed by atoms with van der Waals surface area (Å²) in [5, 5.41) is 7.63. The minimum atomic E-state index is -0.473. The monoisotopic (exact) mass is 468 g/mol. The molecule has 0 radical (unpaired) electrons. The molecular weight excluding hydrogens is 432 g/mol. The van der Waals surface area contributed by atoms with E-state index in [1.54, 1.807) is 4.68 Å². The summed E-state index contributed by atoms with van der Waals surface area (Å²) in [7, 11) is 0. The summed E-state index contributed by atoms with van der Waals surface area (Å²) < 4.78 is 19.6. The van der Waals surface area contributed by atoms with Gasteiger partial charge in [-0.05, 0) is 69.6 Å². The lowest BCUT2D eigenvalue weighted by molar-refractivity contribution is -0.146. The molecule has 1 unspecified atom stereocenters. The van der Waals surface area contributed by atoms with Crippen molar-refractivity contribution >= 4 is 11.9 Å². The SMILES string of the molecule is CCOc1cc(C2C(C(=O)OC3CCCCC3)=C(C)Nc3ncnn32)ccc1OCCC(C)C. The fraction of sp³-hybridized carbons (Fsp3) is 0.577. The van der Waals surface area contributed by atoms with Crippen LogP contribution in [-0.4, -0.2) is 40.1 Å². The number of carbonyl (C=O) groups excluding carboxylic acids is 1. The van der Waals surface area contributed by atoms with Crippen molar-refractivity contribution in [1.82, 2.24) is 14.8 Å². The Morgan fingerprint density at radius 3 is 2.71 bits per heavy atom. The fourth-order valence-electron chi connectivity index (χ4n) is 4.55. The molecule has 2 aliphatic rings. The summed E-state index contributed by atoms with van der Waals surface area (Å²) in [5.41, 5.74) is 2.13. The van der Waals surface area contributed by atoms with E-state index in [9.17, 15) is 4.79 Å². The van der Waals surface area contributed by atoms with Gasteiger partial charge in [0.25, 0.3) is 0 Å². The number of hydrogen-bond donors (Lipinski definition) is 1. The summed E-state index contributed by atoms with van der Waals surface area (Å²) >= 11 is 0. The van der Waals surface area contributed by atoms with Gasteiger partial charge >= 0.3 is 5.97 Å². The standard InChI is InChI=1S/C26H36N4O4/c1-5-32-22-15-19(11-12-21(22)33-14-13-17(2)3)24-23(18(4)29-26-27-16-28-30(24)26)25(31)34-20-9-7-6-8-10-20/h11-12,15-17,20,24H,5-10,13-14H2,1-4H3,(H,27,28,29). The highest BCUT2D eigenvalue weighted by Crippen LogP contribution is 2.39. The van der Waals surface area contributed by atoms with E-state index in [0.717, 1.165) is 43.4 Å². The highest BCUT2D eigenvalue weighted by molar-refractivity contribution is 5.92. The van der Waals surface area contributed by atoms with Crippen LogP contribution in [0.4, 0.5) is 5.95 Å². The van der Waals surface area contributed by atoms with Gasteiger partial charge in [0.05, 0.1) is 18.8 Å². The number of aromatic nitrogens is 3. The summed E-state index contributed by atoms with van der Waals surface area (Å²) in [6.07, 6.45) is 7.66. The second-order valence-corrected chi connectivity index (χ2v) is 9.43. The average Bonchev–Trinajstić information content (AvgIpc) is 3.27. The molecule has 184 valence electrons. The van der Waals surface area contributed by atoms with E-state index in [1.807, 2.05) is 32.0 Å². The Kier molecular flexibility index (Phi) is 7.75. The maximum absolute atomic E-state index is 13.4. The molecule has 4 rings (SSSR count). The topological polar surface area (TPSA) is 87.5 Å². The van der Waals surface area contributed by atoms with Gasteiger partial charge in [-0.15, -0.1) is 0 Å². The Morgan fingerprint density at radius 2 is 1.97 bits per heavy atom. The second kappa shape index (κ2) is 10.9. The first-order valence-electron chi connectivity index (χ1n) is 12.5. The predicted molar refractivity (Wildman–Crippen MR) is 130 cm³/mol. The molecule has 1 aliphatic heterocycles. The second-order valence-electron chi connectivity index (χ2n) is 9.43. The molecule has 34 heavy (non-hydrogen) atoms. The third-order valence-electron chi connectivity index (χ3n) is 6.38. The smallest absolute Gasteiger partial charge is 0.338 e. The van der Waals surface area contributed by atoms with E-state index in [-0.39, 0.29) is 12.1 Å². The molecule has 1 aromatic heterocycles. The maximum atomic E-state index is 13.4. The van der Waals surface area contributed by atoms with Crippen LogP contribution < -0.4 is 14.8 Å². The van der Waals surface area contributed by atoms with Gasteiger partial charge in [0, 0.05) is 5.70 Å². The quantitative estimate of drug-likeness (QED) is 0.502. The third kappa shape index (κ3) is 5.37. The van der Waals surface area contributed by atoms with E-state index < -0.39 is 6.04 Å². The zero-order valence-corrected chi connectivity index (χ0v) is 20.7. The van der Waals surface area contributed by atoms with Crippen LogP contribution in [0.15, 0.2) is 35.8 Å². The summed E-state index contributed by atoms with van der Waals surface area (Å²) in [5.74, 6) is 2.19. The van der Waals surface area contributed by atoms with Crippen molar-refractivity contribution in [2.45, 2.75) is 78.4 Å². The largest absolute Gasteiger partial charge is 0.490 e. The van der Waals surface area contributed by atoms with Gasteiger partial charge in [-0.1, -0.05) is 26.3 Å². The van der Waals surface area contributed by atoms with Crippen molar-refractivity contribution < 1.29 is 19.0 Å². The lowest BCUT2D eigenvalue weighted by Gasteiger charge is -2.30. The fourth-order valence-corrected chi connectivity index (χ4v) is 4.55. The Labute approximate surface area is 201 Å². The Bertz CT molecular complexity index is 1020. The van der Waals surface area contributed by atoms with Gasteiger partial charge in [-0.25, -0.2) is 9.48 Å². The van der Waals surface area contributed by atoms with Crippen molar-refractivity contribution in [3.8, 4) is 11.5 Å². The molecular formula is C26H36N4O4. The van der Waals surface area contributed by atoms with Gasteiger partial charge in [-0.2, -0.15) is 10.1 Å². The zero-order valence-electron chi connectivity index (χ0n) is 20.7. The molecule has 8 heteroatoms. The van der Waals surface area contributed by atoms with Gasteiger partial charge in [0.2, 0.25) is 5.95 Å². The van der Waals surface area contributed by atoms with E-state index in [4.69, 9.17) is 14.2 Å². The number of anilines is 1. The first-order valence-corrected chi connectivity index (χ1v) is 12.5. The van der Waals surface area contributed by atoms with Gasteiger partial charge < -0.3 is 19.5 Å². The van der Waals surface area contributed by atoms with Crippen molar-refractivity contribution in [3.05, 3.63) is 41.4 Å². The van der Waals surface area contributed by atoms with Gasteiger partial charge in [-0.3, -0.25) is 0 Å². The van der Waals surface area contributed by atoms with Gasteiger partial charge in [0.1, 0.15) is 18.5 Å². The van der Waals surface area contributed by atoms with Gasteiger partial charge in [0.15, 0.2) is 11.5 Å². The number of esters is 1.